The van der Waals surface area contributed by atoms with Gasteiger partial charge in [0.25, 0.3) is 0 Å². The van der Waals surface area contributed by atoms with Crippen molar-refractivity contribution in [1.29, 1.82) is 0 Å². The van der Waals surface area contributed by atoms with Crippen molar-refractivity contribution in [1.82, 2.24) is 0 Å². The van der Waals surface area contributed by atoms with Crippen LogP contribution in [0.2, 0.25) is 5.02 Å². The van der Waals surface area contributed by atoms with Crippen molar-refractivity contribution in [2.75, 3.05) is 13.2 Å². The number of hydrogen-bond acceptors (Lipinski definition) is 2. The molecular weight excluding hydrogens is 204 g/mol. The molecule has 13 heavy (non-hydrogen) atoms. The largest absolute Gasteiger partial charge is 0.380 e. The molecular formula is C10H11ClOS. The molecule has 0 spiro atoms. The van der Waals surface area contributed by atoms with E-state index < -0.39 is 0 Å². The highest BCUT2D eigenvalue weighted by atomic mass is 35.5. The monoisotopic (exact) mass is 214 g/mol. The Morgan fingerprint density at radius 2 is 2.23 bits per heavy atom. The van der Waals surface area contributed by atoms with Gasteiger partial charge >= 0.3 is 0 Å². The highest BCUT2D eigenvalue weighted by Gasteiger charge is 2.17. The fraction of sp³-hybridized carbons (Fsp3) is 0.400. The van der Waals surface area contributed by atoms with Crippen molar-refractivity contribution in [3.05, 3.63) is 29.3 Å². The topological polar surface area (TPSA) is 9.23 Å². The van der Waals surface area contributed by atoms with Crippen molar-refractivity contribution in [3.8, 4) is 0 Å². The van der Waals surface area contributed by atoms with Gasteiger partial charge in [0.2, 0.25) is 0 Å². The zero-order chi connectivity index (χ0) is 9.10. The molecule has 1 saturated heterocycles. The second-order valence-corrected chi connectivity index (χ2v) is 4.78. The molecule has 1 aliphatic rings. The molecule has 0 N–H and O–H groups in total. The molecule has 1 aromatic rings. The summed E-state index contributed by atoms with van der Waals surface area (Å²) in [5, 5.41) is 1.43. The first-order valence-corrected chi connectivity index (χ1v) is 5.61. The Kier molecular flexibility index (Phi) is 3.14. The van der Waals surface area contributed by atoms with Gasteiger partial charge in [-0.3, -0.25) is 0 Å². The lowest BCUT2D eigenvalue weighted by Gasteiger charge is -2.07. The molecule has 3 heteroatoms. The Morgan fingerprint density at radius 1 is 1.38 bits per heavy atom. The van der Waals surface area contributed by atoms with Crippen LogP contribution in [0.5, 0.6) is 0 Å². The average molecular weight is 215 g/mol. The van der Waals surface area contributed by atoms with E-state index in [1.165, 1.54) is 4.90 Å². The van der Waals surface area contributed by atoms with Crippen LogP contribution in [0.3, 0.4) is 0 Å². The number of ether oxygens (including phenoxy) is 1. The van der Waals surface area contributed by atoms with Gasteiger partial charge in [0.15, 0.2) is 0 Å². The lowest BCUT2D eigenvalue weighted by Crippen LogP contribution is -1.99. The molecule has 1 nitrogen and oxygen atoms in total. The average Bonchev–Trinajstić information content (AvgIpc) is 2.61. The van der Waals surface area contributed by atoms with E-state index in [0.717, 1.165) is 24.7 Å². The van der Waals surface area contributed by atoms with Crippen LogP contribution >= 0.6 is 23.4 Å². The molecule has 0 radical (unpaired) electrons. The summed E-state index contributed by atoms with van der Waals surface area (Å²) in [6.45, 7) is 1.75. The van der Waals surface area contributed by atoms with Crippen LogP contribution in [-0.2, 0) is 4.74 Å². The minimum absolute atomic E-state index is 0.583. The third-order valence-corrected chi connectivity index (χ3v) is 3.77. The summed E-state index contributed by atoms with van der Waals surface area (Å²) in [6.07, 6.45) is 1.13. The number of rotatable bonds is 2. The molecule has 0 aliphatic carbocycles. The van der Waals surface area contributed by atoms with Gasteiger partial charge in [0.1, 0.15) is 0 Å². The molecule has 1 unspecified atom stereocenters. The summed E-state index contributed by atoms with van der Waals surface area (Å²) < 4.78 is 5.31. The van der Waals surface area contributed by atoms with E-state index in [-0.39, 0.29) is 0 Å². The Balaban J connectivity index is 2.04. The van der Waals surface area contributed by atoms with Crippen molar-refractivity contribution in [2.45, 2.75) is 16.6 Å². The van der Waals surface area contributed by atoms with E-state index in [1.54, 1.807) is 0 Å². The number of halogens is 1. The second-order valence-electron chi connectivity index (χ2n) is 3.03. The van der Waals surface area contributed by atoms with Crippen LogP contribution in [0.4, 0.5) is 0 Å². The Labute approximate surface area is 87.4 Å². The maximum Gasteiger partial charge on any atom is 0.0589 e. The summed E-state index contributed by atoms with van der Waals surface area (Å²) >= 11 is 7.86. The first-order chi connectivity index (χ1) is 6.36. The molecule has 0 aromatic heterocycles. The van der Waals surface area contributed by atoms with E-state index in [1.807, 2.05) is 30.0 Å². The molecule has 2 rings (SSSR count). The van der Waals surface area contributed by atoms with E-state index in [2.05, 4.69) is 6.07 Å². The van der Waals surface area contributed by atoms with Crippen molar-refractivity contribution < 1.29 is 4.74 Å². The molecule has 1 aliphatic heterocycles. The van der Waals surface area contributed by atoms with Gasteiger partial charge in [-0.05, 0) is 18.6 Å². The highest BCUT2D eigenvalue weighted by Crippen LogP contribution is 2.33. The molecule has 1 heterocycles. The molecule has 70 valence electrons. The summed E-state index contributed by atoms with van der Waals surface area (Å²) in [4.78, 5) is 1.17. The quantitative estimate of drug-likeness (QED) is 0.748. The summed E-state index contributed by atoms with van der Waals surface area (Å²) in [5.41, 5.74) is 0. The van der Waals surface area contributed by atoms with Gasteiger partial charge in [-0.25, -0.2) is 0 Å². The van der Waals surface area contributed by atoms with Gasteiger partial charge in [0, 0.05) is 16.8 Å². The molecule has 1 fully saturated rings. The van der Waals surface area contributed by atoms with E-state index in [9.17, 15) is 0 Å². The molecule has 0 saturated carbocycles. The van der Waals surface area contributed by atoms with E-state index >= 15 is 0 Å². The summed E-state index contributed by atoms with van der Waals surface area (Å²) in [5.74, 6) is 0. The van der Waals surface area contributed by atoms with Crippen molar-refractivity contribution in [3.63, 3.8) is 0 Å². The third kappa shape index (κ3) is 2.39. The van der Waals surface area contributed by atoms with Gasteiger partial charge in [0.05, 0.1) is 11.6 Å². The van der Waals surface area contributed by atoms with Gasteiger partial charge in [-0.2, -0.15) is 0 Å². The lowest BCUT2D eigenvalue weighted by atomic mass is 10.4. The minimum Gasteiger partial charge on any atom is -0.380 e. The fourth-order valence-electron chi connectivity index (χ4n) is 1.33. The third-order valence-electron chi connectivity index (χ3n) is 2.02. The number of hydrogen-bond donors (Lipinski definition) is 0. The fourth-order valence-corrected chi connectivity index (χ4v) is 2.67. The summed E-state index contributed by atoms with van der Waals surface area (Å²) in [6, 6.07) is 7.96. The first kappa shape index (κ1) is 9.38. The molecule has 0 amide bonds. The van der Waals surface area contributed by atoms with Crippen molar-refractivity contribution >= 4 is 23.4 Å². The zero-order valence-corrected chi connectivity index (χ0v) is 8.77. The Morgan fingerprint density at radius 3 is 2.92 bits per heavy atom. The van der Waals surface area contributed by atoms with Crippen LogP contribution in [0.1, 0.15) is 6.42 Å². The normalized spacial score (nSPS) is 22.1. The number of thioether (sulfide) groups is 1. The highest BCUT2D eigenvalue weighted by molar-refractivity contribution is 8.00. The van der Waals surface area contributed by atoms with Crippen LogP contribution in [0.25, 0.3) is 0 Å². The van der Waals surface area contributed by atoms with Gasteiger partial charge in [-0.15, -0.1) is 11.8 Å². The predicted molar refractivity (Wildman–Crippen MR) is 56.5 cm³/mol. The molecule has 0 bridgehead atoms. The predicted octanol–water partition coefficient (Wildman–Crippen LogP) is 3.22. The standard InChI is InChI=1S/C10H11ClOS/c11-9-3-1-2-4-10(9)13-8-5-6-12-7-8/h1-4,8H,5-7H2. The second kappa shape index (κ2) is 4.36. The number of benzene rings is 1. The lowest BCUT2D eigenvalue weighted by molar-refractivity contribution is 0.199. The first-order valence-electron chi connectivity index (χ1n) is 4.35. The van der Waals surface area contributed by atoms with E-state index in [4.69, 9.17) is 16.3 Å². The maximum absolute atomic E-state index is 6.04. The SMILES string of the molecule is Clc1ccccc1SC1CCOC1. The van der Waals surface area contributed by atoms with E-state index in [0.29, 0.717) is 5.25 Å². The smallest absolute Gasteiger partial charge is 0.0589 e. The van der Waals surface area contributed by atoms with Crippen LogP contribution < -0.4 is 0 Å². The molecule has 1 atom stereocenters. The van der Waals surface area contributed by atoms with Crippen LogP contribution in [0.15, 0.2) is 29.2 Å². The van der Waals surface area contributed by atoms with Crippen molar-refractivity contribution in [2.24, 2.45) is 0 Å². The van der Waals surface area contributed by atoms with Crippen LogP contribution in [0, 0.1) is 0 Å². The minimum atomic E-state index is 0.583. The Hall–Kier alpha value is -0.180. The molecule has 1 aromatic carbocycles. The van der Waals surface area contributed by atoms with Crippen LogP contribution in [-0.4, -0.2) is 18.5 Å². The summed E-state index contributed by atoms with van der Waals surface area (Å²) in [7, 11) is 0. The Bertz CT molecular complexity index is 284. The van der Waals surface area contributed by atoms with Gasteiger partial charge in [-0.1, -0.05) is 23.7 Å². The zero-order valence-electron chi connectivity index (χ0n) is 7.20. The van der Waals surface area contributed by atoms with Gasteiger partial charge < -0.3 is 4.74 Å². The maximum atomic E-state index is 6.04.